The Morgan fingerprint density at radius 1 is 1.09 bits per heavy atom. The van der Waals surface area contributed by atoms with E-state index in [0.29, 0.717) is 6.54 Å². The fraction of sp³-hybridized carbons (Fsp3) is 0.667. The van der Waals surface area contributed by atoms with Crippen LogP contribution >= 0.6 is 27.3 Å². The summed E-state index contributed by atoms with van der Waals surface area (Å²) in [5.41, 5.74) is 0. The molecule has 1 amide bonds. The molecule has 3 heterocycles. The zero-order valence-electron chi connectivity index (χ0n) is 12.7. The quantitative estimate of drug-likeness (QED) is 0.783. The normalized spacial score (nSPS) is 21.2. The molecular formula is C15H22BrN3O2S. The van der Waals surface area contributed by atoms with E-state index in [1.807, 2.05) is 4.90 Å². The van der Waals surface area contributed by atoms with Crippen LogP contribution in [0.2, 0.25) is 0 Å². The van der Waals surface area contributed by atoms with Crippen LogP contribution in [0, 0.1) is 0 Å². The average Bonchev–Trinajstić information content (AvgIpc) is 2.94. The van der Waals surface area contributed by atoms with Crippen molar-refractivity contribution in [2.45, 2.75) is 6.54 Å². The molecule has 0 atom stereocenters. The van der Waals surface area contributed by atoms with Crippen LogP contribution < -0.4 is 0 Å². The first-order valence-corrected chi connectivity index (χ1v) is 9.36. The van der Waals surface area contributed by atoms with Crippen LogP contribution in [0.4, 0.5) is 0 Å². The molecule has 2 saturated heterocycles. The van der Waals surface area contributed by atoms with Gasteiger partial charge in [-0.3, -0.25) is 14.6 Å². The highest BCUT2D eigenvalue weighted by Crippen LogP contribution is 2.23. The summed E-state index contributed by atoms with van der Waals surface area (Å²) in [7, 11) is 0. The second kappa shape index (κ2) is 7.88. The average molecular weight is 388 g/mol. The lowest BCUT2D eigenvalue weighted by atomic mass is 10.3. The first-order chi connectivity index (χ1) is 10.7. The molecule has 5 nitrogen and oxygen atoms in total. The Balaban J connectivity index is 1.41. The standard InChI is InChI=1S/C15H22BrN3O2S/c16-14-2-1-13(22-14)11-17-3-5-19(6-4-17)15(20)12-18-7-9-21-10-8-18/h1-2H,3-12H2. The van der Waals surface area contributed by atoms with Gasteiger partial charge in [0.2, 0.25) is 5.91 Å². The molecule has 0 N–H and O–H groups in total. The van der Waals surface area contributed by atoms with Gasteiger partial charge in [0.05, 0.1) is 23.5 Å². The number of morpholine rings is 1. The number of carbonyl (C=O) groups excluding carboxylic acids is 1. The van der Waals surface area contributed by atoms with E-state index < -0.39 is 0 Å². The van der Waals surface area contributed by atoms with E-state index in [2.05, 4.69) is 37.9 Å². The van der Waals surface area contributed by atoms with E-state index in [4.69, 9.17) is 4.74 Å². The van der Waals surface area contributed by atoms with E-state index in [1.54, 1.807) is 11.3 Å². The molecule has 3 rings (SSSR count). The van der Waals surface area contributed by atoms with Crippen molar-refractivity contribution in [1.29, 1.82) is 0 Å². The second-order valence-electron chi connectivity index (χ2n) is 5.75. The maximum absolute atomic E-state index is 12.4. The van der Waals surface area contributed by atoms with Gasteiger partial charge in [0, 0.05) is 50.7 Å². The molecule has 2 fully saturated rings. The molecule has 1 aromatic heterocycles. The number of hydrogen-bond acceptors (Lipinski definition) is 5. The van der Waals surface area contributed by atoms with Crippen molar-refractivity contribution in [3.63, 3.8) is 0 Å². The Bertz CT molecular complexity index is 497. The minimum absolute atomic E-state index is 0.264. The number of hydrogen-bond donors (Lipinski definition) is 0. The van der Waals surface area contributed by atoms with Gasteiger partial charge < -0.3 is 9.64 Å². The van der Waals surface area contributed by atoms with Crippen molar-refractivity contribution < 1.29 is 9.53 Å². The Morgan fingerprint density at radius 3 is 2.45 bits per heavy atom. The summed E-state index contributed by atoms with van der Waals surface area (Å²) in [5, 5.41) is 0. The van der Waals surface area contributed by atoms with Crippen molar-refractivity contribution in [2.24, 2.45) is 0 Å². The Morgan fingerprint density at radius 2 is 1.82 bits per heavy atom. The van der Waals surface area contributed by atoms with Crippen molar-refractivity contribution in [2.75, 3.05) is 59.0 Å². The number of ether oxygens (including phenoxy) is 1. The monoisotopic (exact) mass is 387 g/mol. The van der Waals surface area contributed by atoms with Crippen molar-refractivity contribution in [1.82, 2.24) is 14.7 Å². The Labute approximate surface area is 143 Å². The van der Waals surface area contributed by atoms with E-state index in [0.717, 1.165) is 59.0 Å². The molecule has 0 saturated carbocycles. The molecule has 0 aromatic carbocycles. The van der Waals surface area contributed by atoms with Gasteiger partial charge in [-0.2, -0.15) is 0 Å². The van der Waals surface area contributed by atoms with Crippen LogP contribution in [0.15, 0.2) is 15.9 Å². The first kappa shape index (κ1) is 16.4. The maximum Gasteiger partial charge on any atom is 0.236 e. The molecule has 0 radical (unpaired) electrons. The highest BCUT2D eigenvalue weighted by atomic mass is 79.9. The van der Waals surface area contributed by atoms with Gasteiger partial charge in [-0.25, -0.2) is 0 Å². The molecule has 22 heavy (non-hydrogen) atoms. The van der Waals surface area contributed by atoms with E-state index in [-0.39, 0.29) is 5.91 Å². The fourth-order valence-corrected chi connectivity index (χ4v) is 4.39. The molecule has 1 aromatic rings. The van der Waals surface area contributed by atoms with Gasteiger partial charge in [0.1, 0.15) is 0 Å². The lowest BCUT2D eigenvalue weighted by Crippen LogP contribution is -2.51. The van der Waals surface area contributed by atoms with Crippen LogP contribution in [-0.2, 0) is 16.1 Å². The SMILES string of the molecule is O=C(CN1CCOCC1)N1CCN(Cc2ccc(Br)s2)CC1. The number of carbonyl (C=O) groups is 1. The predicted molar refractivity (Wildman–Crippen MR) is 91.1 cm³/mol. The number of halogens is 1. The zero-order chi connectivity index (χ0) is 15.4. The number of thiophene rings is 1. The van der Waals surface area contributed by atoms with E-state index in [1.165, 1.54) is 8.66 Å². The summed E-state index contributed by atoms with van der Waals surface area (Å²) in [4.78, 5) is 20.4. The van der Waals surface area contributed by atoms with Gasteiger partial charge in [-0.1, -0.05) is 0 Å². The third-order valence-electron chi connectivity index (χ3n) is 4.20. The zero-order valence-corrected chi connectivity index (χ0v) is 15.1. The minimum atomic E-state index is 0.264. The van der Waals surface area contributed by atoms with Gasteiger partial charge in [0.15, 0.2) is 0 Å². The summed E-state index contributed by atoms with van der Waals surface area (Å²) in [6, 6.07) is 4.27. The largest absolute Gasteiger partial charge is 0.379 e. The summed E-state index contributed by atoms with van der Waals surface area (Å²) in [6.45, 7) is 8.38. The van der Waals surface area contributed by atoms with Crippen LogP contribution in [0.5, 0.6) is 0 Å². The van der Waals surface area contributed by atoms with Crippen LogP contribution in [0.1, 0.15) is 4.88 Å². The molecule has 7 heteroatoms. The number of nitrogens with zero attached hydrogens (tertiary/aromatic N) is 3. The number of amides is 1. The van der Waals surface area contributed by atoms with Crippen molar-refractivity contribution in [3.8, 4) is 0 Å². The van der Waals surface area contributed by atoms with E-state index in [9.17, 15) is 4.79 Å². The molecule has 122 valence electrons. The summed E-state index contributed by atoms with van der Waals surface area (Å²) in [6.07, 6.45) is 0. The first-order valence-electron chi connectivity index (χ1n) is 7.75. The maximum atomic E-state index is 12.4. The molecule has 0 unspecified atom stereocenters. The third kappa shape index (κ3) is 4.52. The third-order valence-corrected chi connectivity index (χ3v) is 5.80. The second-order valence-corrected chi connectivity index (χ2v) is 8.30. The molecule has 2 aliphatic heterocycles. The summed E-state index contributed by atoms with van der Waals surface area (Å²) >= 11 is 5.29. The number of rotatable bonds is 4. The fourth-order valence-electron chi connectivity index (χ4n) is 2.86. The van der Waals surface area contributed by atoms with Crippen LogP contribution in [0.3, 0.4) is 0 Å². The molecule has 2 aliphatic rings. The summed E-state index contributed by atoms with van der Waals surface area (Å²) < 4.78 is 6.51. The Kier molecular flexibility index (Phi) is 5.87. The van der Waals surface area contributed by atoms with Crippen molar-refractivity contribution in [3.05, 3.63) is 20.8 Å². The highest BCUT2D eigenvalue weighted by molar-refractivity contribution is 9.11. The van der Waals surface area contributed by atoms with Crippen molar-refractivity contribution >= 4 is 33.2 Å². The smallest absolute Gasteiger partial charge is 0.236 e. The van der Waals surface area contributed by atoms with Crippen LogP contribution in [-0.4, -0.2) is 79.6 Å². The van der Waals surface area contributed by atoms with Gasteiger partial charge >= 0.3 is 0 Å². The lowest BCUT2D eigenvalue weighted by Gasteiger charge is -2.36. The summed E-state index contributed by atoms with van der Waals surface area (Å²) in [5.74, 6) is 0.264. The molecule has 0 bridgehead atoms. The predicted octanol–water partition coefficient (Wildman–Crippen LogP) is 1.49. The van der Waals surface area contributed by atoms with Crippen LogP contribution in [0.25, 0.3) is 0 Å². The number of piperazine rings is 1. The molecule has 0 aliphatic carbocycles. The van der Waals surface area contributed by atoms with Gasteiger partial charge in [0.25, 0.3) is 0 Å². The lowest BCUT2D eigenvalue weighted by molar-refractivity contribution is -0.135. The minimum Gasteiger partial charge on any atom is -0.379 e. The highest BCUT2D eigenvalue weighted by Gasteiger charge is 2.23. The van der Waals surface area contributed by atoms with Gasteiger partial charge in [-0.15, -0.1) is 11.3 Å². The van der Waals surface area contributed by atoms with E-state index >= 15 is 0 Å². The Hall–Kier alpha value is -0.470. The topological polar surface area (TPSA) is 36.0 Å². The molecular weight excluding hydrogens is 366 g/mol. The van der Waals surface area contributed by atoms with Gasteiger partial charge in [-0.05, 0) is 28.1 Å². The molecule has 0 spiro atoms.